The van der Waals surface area contributed by atoms with E-state index in [0.29, 0.717) is 5.75 Å². The Balaban J connectivity index is 1.84. The Bertz CT molecular complexity index is 857. The van der Waals surface area contributed by atoms with E-state index in [2.05, 4.69) is 0 Å². The Morgan fingerprint density at radius 1 is 1.24 bits per heavy atom. The summed E-state index contributed by atoms with van der Waals surface area (Å²) >= 11 is 6.05. The molecule has 1 fully saturated rings. The van der Waals surface area contributed by atoms with Crippen LogP contribution in [0.15, 0.2) is 47.4 Å². The molecular weight excluding hydrogens is 369 g/mol. The number of hydrogen-bond donors (Lipinski definition) is 0. The summed E-state index contributed by atoms with van der Waals surface area (Å²) in [7, 11) is -2.26. The van der Waals surface area contributed by atoms with E-state index in [9.17, 15) is 12.8 Å². The zero-order chi connectivity index (χ0) is 18.0. The van der Waals surface area contributed by atoms with Crippen molar-refractivity contribution in [3.05, 3.63) is 58.9 Å². The van der Waals surface area contributed by atoms with Gasteiger partial charge in [-0.05, 0) is 35.9 Å². The third-order valence-corrected chi connectivity index (χ3v) is 6.19. The molecule has 1 aliphatic heterocycles. The number of methoxy groups -OCH3 is 1. The molecule has 1 saturated heterocycles. The first-order valence-electron chi connectivity index (χ1n) is 7.62. The van der Waals surface area contributed by atoms with Crippen LogP contribution < -0.4 is 4.74 Å². The summed E-state index contributed by atoms with van der Waals surface area (Å²) in [6.07, 6.45) is -0.446. The van der Waals surface area contributed by atoms with Gasteiger partial charge in [0, 0.05) is 13.1 Å². The molecule has 2 aromatic carbocycles. The molecule has 1 unspecified atom stereocenters. The number of ether oxygens (including phenoxy) is 2. The van der Waals surface area contributed by atoms with Crippen molar-refractivity contribution in [2.45, 2.75) is 11.0 Å². The van der Waals surface area contributed by atoms with Gasteiger partial charge in [-0.1, -0.05) is 23.7 Å². The van der Waals surface area contributed by atoms with Crippen LogP contribution in [0.5, 0.6) is 5.75 Å². The van der Waals surface area contributed by atoms with Crippen LogP contribution in [0, 0.1) is 5.82 Å². The molecule has 1 atom stereocenters. The molecule has 8 heteroatoms. The maximum atomic E-state index is 13.1. The minimum absolute atomic E-state index is 0.0954. The molecule has 5 nitrogen and oxygen atoms in total. The highest BCUT2D eigenvalue weighted by molar-refractivity contribution is 7.89. The van der Waals surface area contributed by atoms with Crippen LogP contribution in [0.1, 0.15) is 11.7 Å². The van der Waals surface area contributed by atoms with Crippen molar-refractivity contribution in [3.8, 4) is 5.75 Å². The predicted octanol–water partition coefficient (Wildman–Crippen LogP) is 3.25. The molecule has 3 rings (SSSR count). The fourth-order valence-electron chi connectivity index (χ4n) is 2.68. The van der Waals surface area contributed by atoms with E-state index in [0.717, 1.165) is 5.56 Å². The summed E-state index contributed by atoms with van der Waals surface area (Å²) in [5.41, 5.74) is 0.731. The number of hydrogen-bond acceptors (Lipinski definition) is 4. The highest BCUT2D eigenvalue weighted by atomic mass is 35.5. The summed E-state index contributed by atoms with van der Waals surface area (Å²) in [6, 6.07) is 10.2. The Morgan fingerprint density at radius 2 is 1.96 bits per heavy atom. The fourth-order valence-corrected chi connectivity index (χ4v) is 4.45. The minimum atomic E-state index is -3.72. The van der Waals surface area contributed by atoms with Gasteiger partial charge in [0.1, 0.15) is 11.6 Å². The number of sulfonamides is 1. The molecule has 0 bridgehead atoms. The Kier molecular flexibility index (Phi) is 5.29. The molecule has 0 aliphatic carbocycles. The first-order valence-corrected chi connectivity index (χ1v) is 9.44. The second kappa shape index (κ2) is 7.29. The number of rotatable bonds is 4. The molecule has 0 saturated carbocycles. The van der Waals surface area contributed by atoms with E-state index in [1.165, 1.54) is 41.7 Å². The molecule has 2 aromatic rings. The normalized spacial score (nSPS) is 18.9. The van der Waals surface area contributed by atoms with Gasteiger partial charge in [0.05, 0.1) is 29.7 Å². The Labute approximate surface area is 151 Å². The van der Waals surface area contributed by atoms with Crippen LogP contribution >= 0.6 is 11.6 Å². The van der Waals surface area contributed by atoms with Crippen LogP contribution in [0.3, 0.4) is 0 Å². The molecule has 0 radical (unpaired) electrons. The average Bonchev–Trinajstić information content (AvgIpc) is 2.62. The average molecular weight is 386 g/mol. The zero-order valence-corrected chi connectivity index (χ0v) is 15.1. The molecule has 134 valence electrons. The van der Waals surface area contributed by atoms with Gasteiger partial charge >= 0.3 is 0 Å². The van der Waals surface area contributed by atoms with E-state index in [4.69, 9.17) is 21.1 Å². The highest BCUT2D eigenvalue weighted by Crippen LogP contribution is 2.31. The van der Waals surface area contributed by atoms with E-state index < -0.39 is 16.1 Å². The molecule has 0 amide bonds. The predicted molar refractivity (Wildman–Crippen MR) is 91.9 cm³/mol. The second-order valence-corrected chi connectivity index (χ2v) is 7.92. The molecule has 1 heterocycles. The molecule has 0 aromatic heterocycles. The van der Waals surface area contributed by atoms with Crippen molar-refractivity contribution in [2.75, 3.05) is 26.8 Å². The molecule has 0 spiro atoms. The lowest BCUT2D eigenvalue weighted by Crippen LogP contribution is -2.42. The van der Waals surface area contributed by atoms with Gasteiger partial charge in [0.25, 0.3) is 0 Å². The smallest absolute Gasteiger partial charge is 0.243 e. The zero-order valence-electron chi connectivity index (χ0n) is 13.5. The largest absolute Gasteiger partial charge is 0.495 e. The van der Waals surface area contributed by atoms with E-state index in [-0.39, 0.29) is 35.4 Å². The minimum Gasteiger partial charge on any atom is -0.495 e. The molecule has 25 heavy (non-hydrogen) atoms. The van der Waals surface area contributed by atoms with Crippen LogP contribution in [-0.2, 0) is 14.8 Å². The van der Waals surface area contributed by atoms with Crippen LogP contribution in [-0.4, -0.2) is 39.5 Å². The maximum Gasteiger partial charge on any atom is 0.243 e. The van der Waals surface area contributed by atoms with Crippen molar-refractivity contribution >= 4 is 21.6 Å². The van der Waals surface area contributed by atoms with Gasteiger partial charge in [0.15, 0.2) is 0 Å². The number of morpholine rings is 1. The van der Waals surface area contributed by atoms with Crippen molar-refractivity contribution in [3.63, 3.8) is 0 Å². The van der Waals surface area contributed by atoms with Gasteiger partial charge in [-0.25, -0.2) is 12.8 Å². The Hall–Kier alpha value is -1.67. The van der Waals surface area contributed by atoms with Crippen molar-refractivity contribution in [1.29, 1.82) is 0 Å². The summed E-state index contributed by atoms with van der Waals surface area (Å²) in [4.78, 5) is 0.0954. The first-order chi connectivity index (χ1) is 11.9. The third-order valence-electron chi connectivity index (χ3n) is 4.03. The Morgan fingerprint density at radius 3 is 2.60 bits per heavy atom. The van der Waals surface area contributed by atoms with Crippen molar-refractivity contribution in [2.24, 2.45) is 0 Å². The van der Waals surface area contributed by atoms with Crippen LogP contribution in [0.25, 0.3) is 0 Å². The number of nitrogens with zero attached hydrogens (tertiary/aromatic N) is 1. The molecule has 0 N–H and O–H groups in total. The number of benzene rings is 2. The van der Waals surface area contributed by atoms with Gasteiger partial charge in [-0.3, -0.25) is 0 Å². The summed E-state index contributed by atoms with van der Waals surface area (Å²) in [5, 5.41) is 0.229. The first kappa shape index (κ1) is 18.1. The van der Waals surface area contributed by atoms with E-state index >= 15 is 0 Å². The summed E-state index contributed by atoms with van der Waals surface area (Å²) < 4.78 is 50.9. The summed E-state index contributed by atoms with van der Waals surface area (Å²) in [5.74, 6) is 0.0590. The molecular formula is C17H17ClFNO4S. The third kappa shape index (κ3) is 3.79. The van der Waals surface area contributed by atoms with Crippen LogP contribution in [0.4, 0.5) is 4.39 Å². The van der Waals surface area contributed by atoms with Crippen LogP contribution in [0.2, 0.25) is 5.02 Å². The molecule has 1 aliphatic rings. The van der Waals surface area contributed by atoms with Crippen molar-refractivity contribution < 1.29 is 22.3 Å². The van der Waals surface area contributed by atoms with E-state index in [1.54, 1.807) is 12.1 Å². The lowest BCUT2D eigenvalue weighted by atomic mass is 10.1. The maximum absolute atomic E-state index is 13.1. The van der Waals surface area contributed by atoms with E-state index in [1.807, 2.05) is 0 Å². The monoisotopic (exact) mass is 385 g/mol. The van der Waals surface area contributed by atoms with Gasteiger partial charge in [-0.2, -0.15) is 4.31 Å². The fraction of sp³-hybridized carbons (Fsp3) is 0.294. The van der Waals surface area contributed by atoms with Gasteiger partial charge in [0.2, 0.25) is 10.0 Å². The van der Waals surface area contributed by atoms with Crippen molar-refractivity contribution in [1.82, 2.24) is 4.31 Å². The second-order valence-electron chi connectivity index (χ2n) is 5.57. The van der Waals surface area contributed by atoms with Gasteiger partial charge < -0.3 is 9.47 Å². The topological polar surface area (TPSA) is 55.8 Å². The van der Waals surface area contributed by atoms with Gasteiger partial charge in [-0.15, -0.1) is 0 Å². The summed E-state index contributed by atoms with van der Waals surface area (Å²) in [6.45, 7) is 0.645. The highest BCUT2D eigenvalue weighted by Gasteiger charge is 2.32. The lowest BCUT2D eigenvalue weighted by Gasteiger charge is -2.32. The lowest BCUT2D eigenvalue weighted by molar-refractivity contribution is -0.00258. The SMILES string of the molecule is COc1ccc(S(=O)(=O)N2CCOC(c3ccc(F)cc3)C2)cc1Cl. The quantitative estimate of drug-likeness (QED) is 0.810. The number of halogens is 2. The standard InChI is InChI=1S/C17H17ClFNO4S/c1-23-16-7-6-14(10-15(16)18)25(21,22)20-8-9-24-17(11-20)12-2-4-13(19)5-3-12/h2-7,10,17H,8-9,11H2,1H3.